The van der Waals surface area contributed by atoms with Crippen molar-refractivity contribution in [3.05, 3.63) is 53.4 Å². The summed E-state index contributed by atoms with van der Waals surface area (Å²) in [6, 6.07) is 5.42. The third-order valence-corrected chi connectivity index (χ3v) is 4.47. The van der Waals surface area contributed by atoms with E-state index < -0.39 is 0 Å². The molecule has 0 saturated carbocycles. The average Bonchev–Trinajstić information content (AvgIpc) is 2.85. The van der Waals surface area contributed by atoms with Gasteiger partial charge >= 0.3 is 0 Å². The second-order valence-corrected chi connectivity index (χ2v) is 6.38. The van der Waals surface area contributed by atoms with E-state index in [0.29, 0.717) is 10.7 Å². The Labute approximate surface area is 152 Å². The molecule has 0 aliphatic carbocycles. The molecule has 0 unspecified atom stereocenters. The molecule has 25 heavy (non-hydrogen) atoms. The highest BCUT2D eigenvalue weighted by Gasteiger charge is 2.18. The topological polar surface area (TPSA) is 59.8 Å². The monoisotopic (exact) mass is 356 g/mol. The number of rotatable bonds is 4. The van der Waals surface area contributed by atoms with Crippen LogP contribution in [0.1, 0.15) is 32.0 Å². The van der Waals surface area contributed by atoms with Crippen molar-refractivity contribution in [1.82, 2.24) is 14.8 Å². The molecular weight excluding hydrogens is 336 g/mol. The Morgan fingerprint density at radius 2 is 2.12 bits per heavy atom. The van der Waals surface area contributed by atoms with Gasteiger partial charge in [0.1, 0.15) is 5.82 Å². The Balaban J connectivity index is 1.88. The van der Waals surface area contributed by atoms with E-state index in [9.17, 15) is 4.79 Å². The molecular formula is C19H21ClN4O. The van der Waals surface area contributed by atoms with Crippen LogP contribution < -0.4 is 5.32 Å². The van der Waals surface area contributed by atoms with Gasteiger partial charge < -0.3 is 9.88 Å². The van der Waals surface area contributed by atoms with Gasteiger partial charge in [0, 0.05) is 30.3 Å². The zero-order valence-electron chi connectivity index (χ0n) is 14.2. The highest BCUT2D eigenvalue weighted by Crippen LogP contribution is 2.31. The van der Waals surface area contributed by atoms with Crippen LogP contribution in [0.5, 0.6) is 0 Å². The normalized spacial score (nSPS) is 14.6. The van der Waals surface area contributed by atoms with Gasteiger partial charge in [-0.05, 0) is 38.0 Å². The minimum Gasteiger partial charge on any atom is -0.322 e. The van der Waals surface area contributed by atoms with E-state index >= 15 is 0 Å². The summed E-state index contributed by atoms with van der Waals surface area (Å²) in [4.78, 5) is 12.0. The lowest BCUT2D eigenvalue weighted by molar-refractivity contribution is -0.111. The van der Waals surface area contributed by atoms with Gasteiger partial charge in [-0.15, -0.1) is 10.2 Å². The average molecular weight is 357 g/mol. The van der Waals surface area contributed by atoms with Gasteiger partial charge in [-0.2, -0.15) is 0 Å². The van der Waals surface area contributed by atoms with E-state index in [1.807, 2.05) is 19.1 Å². The number of hydrogen-bond acceptors (Lipinski definition) is 3. The summed E-state index contributed by atoms with van der Waals surface area (Å²) < 4.78 is 2.14. The smallest absolute Gasteiger partial charge is 0.248 e. The number of allylic oxidation sites excluding steroid dienone is 3. The summed E-state index contributed by atoms with van der Waals surface area (Å²) in [5.74, 6) is 1.58. The SMILES string of the molecule is C/C=C/C=C/C(=O)Nc1ccc(Cl)c(-c2nnc3n2CCCCC3)c1. The lowest BCUT2D eigenvalue weighted by Gasteiger charge is -2.10. The first-order chi connectivity index (χ1) is 12.2. The summed E-state index contributed by atoms with van der Waals surface area (Å²) in [6.07, 6.45) is 11.2. The van der Waals surface area contributed by atoms with Crippen LogP contribution in [0.4, 0.5) is 5.69 Å². The third kappa shape index (κ3) is 4.17. The van der Waals surface area contributed by atoms with Crippen LogP contribution in [0.2, 0.25) is 5.02 Å². The Morgan fingerprint density at radius 3 is 2.96 bits per heavy atom. The van der Waals surface area contributed by atoms with Crippen molar-refractivity contribution in [2.24, 2.45) is 0 Å². The molecule has 2 heterocycles. The van der Waals surface area contributed by atoms with Crippen LogP contribution in [0.25, 0.3) is 11.4 Å². The molecule has 0 atom stereocenters. The van der Waals surface area contributed by atoms with E-state index in [4.69, 9.17) is 11.6 Å². The highest BCUT2D eigenvalue weighted by atomic mass is 35.5. The van der Waals surface area contributed by atoms with E-state index in [2.05, 4.69) is 20.1 Å². The molecule has 0 saturated heterocycles. The van der Waals surface area contributed by atoms with Gasteiger partial charge in [-0.3, -0.25) is 4.79 Å². The van der Waals surface area contributed by atoms with E-state index in [1.54, 1.807) is 24.3 Å². The van der Waals surface area contributed by atoms with Gasteiger partial charge in [0.2, 0.25) is 5.91 Å². The number of amides is 1. The Morgan fingerprint density at radius 1 is 1.24 bits per heavy atom. The molecule has 0 radical (unpaired) electrons. The lowest BCUT2D eigenvalue weighted by atomic mass is 10.1. The Kier molecular flexibility index (Phi) is 5.66. The summed E-state index contributed by atoms with van der Waals surface area (Å²) in [5.41, 5.74) is 1.47. The molecule has 0 spiro atoms. The minimum absolute atomic E-state index is 0.188. The quantitative estimate of drug-likeness (QED) is 0.652. The van der Waals surface area contributed by atoms with Crippen LogP contribution in [0.15, 0.2) is 42.5 Å². The maximum absolute atomic E-state index is 12.0. The van der Waals surface area contributed by atoms with Crippen molar-refractivity contribution in [2.75, 3.05) is 5.32 Å². The largest absolute Gasteiger partial charge is 0.322 e. The van der Waals surface area contributed by atoms with Crippen LogP contribution in [-0.4, -0.2) is 20.7 Å². The van der Waals surface area contributed by atoms with Crippen molar-refractivity contribution in [1.29, 1.82) is 0 Å². The van der Waals surface area contributed by atoms with Gasteiger partial charge in [0.05, 0.1) is 5.02 Å². The minimum atomic E-state index is -0.188. The van der Waals surface area contributed by atoms with Crippen molar-refractivity contribution in [2.45, 2.75) is 39.2 Å². The van der Waals surface area contributed by atoms with Crippen LogP contribution in [0, 0.1) is 0 Å². The van der Waals surface area contributed by atoms with Gasteiger partial charge in [-0.1, -0.05) is 36.2 Å². The third-order valence-electron chi connectivity index (χ3n) is 4.14. The predicted octanol–water partition coefficient (Wildman–Crippen LogP) is 4.40. The first-order valence-electron chi connectivity index (χ1n) is 8.51. The second-order valence-electron chi connectivity index (χ2n) is 5.97. The highest BCUT2D eigenvalue weighted by molar-refractivity contribution is 6.33. The molecule has 1 amide bonds. The number of halogens is 1. The first-order valence-corrected chi connectivity index (χ1v) is 8.89. The second kappa shape index (κ2) is 8.12. The Bertz CT molecular complexity index is 823. The molecule has 2 aromatic rings. The number of aromatic nitrogens is 3. The van der Waals surface area contributed by atoms with E-state index in [1.165, 1.54) is 12.5 Å². The molecule has 3 rings (SSSR count). The fourth-order valence-corrected chi connectivity index (χ4v) is 3.10. The molecule has 1 aliphatic rings. The molecule has 1 aromatic carbocycles. The maximum Gasteiger partial charge on any atom is 0.248 e. The Hall–Kier alpha value is -2.40. The van der Waals surface area contributed by atoms with Crippen molar-refractivity contribution in [3.8, 4) is 11.4 Å². The number of nitrogens with one attached hydrogen (secondary N) is 1. The number of fused-ring (bicyclic) bond motifs is 1. The molecule has 0 fully saturated rings. The number of benzene rings is 1. The summed E-state index contributed by atoms with van der Waals surface area (Å²) in [6.45, 7) is 2.80. The van der Waals surface area contributed by atoms with Gasteiger partial charge in [-0.25, -0.2) is 0 Å². The predicted molar refractivity (Wildman–Crippen MR) is 101 cm³/mol. The number of nitrogens with zero attached hydrogens (tertiary/aromatic N) is 3. The molecule has 1 N–H and O–H groups in total. The van der Waals surface area contributed by atoms with Crippen molar-refractivity contribution in [3.63, 3.8) is 0 Å². The van der Waals surface area contributed by atoms with Crippen molar-refractivity contribution >= 4 is 23.2 Å². The fourth-order valence-electron chi connectivity index (χ4n) is 2.90. The molecule has 5 nitrogen and oxygen atoms in total. The zero-order valence-corrected chi connectivity index (χ0v) is 15.0. The fraction of sp³-hybridized carbons (Fsp3) is 0.316. The van der Waals surface area contributed by atoms with E-state index in [-0.39, 0.29) is 5.91 Å². The number of anilines is 1. The lowest BCUT2D eigenvalue weighted by Crippen LogP contribution is -2.08. The number of carbonyl (C=O) groups excluding carboxylic acids is 1. The van der Waals surface area contributed by atoms with Crippen LogP contribution >= 0.6 is 11.6 Å². The summed E-state index contributed by atoms with van der Waals surface area (Å²) >= 11 is 6.39. The van der Waals surface area contributed by atoms with Crippen molar-refractivity contribution < 1.29 is 4.79 Å². The summed E-state index contributed by atoms with van der Waals surface area (Å²) in [7, 11) is 0. The molecule has 1 aromatic heterocycles. The first kappa shape index (κ1) is 17.4. The molecule has 1 aliphatic heterocycles. The van der Waals surface area contributed by atoms with Crippen LogP contribution in [0.3, 0.4) is 0 Å². The molecule has 130 valence electrons. The van der Waals surface area contributed by atoms with E-state index in [0.717, 1.165) is 43.0 Å². The molecule has 0 bridgehead atoms. The standard InChI is InChI=1S/C19H21ClN4O/c1-2-3-5-9-18(25)21-14-10-11-16(20)15(13-14)19-23-22-17-8-6-4-7-12-24(17)19/h2-3,5,9-11,13H,4,6-8,12H2,1H3,(H,21,25)/b3-2+,9-5+. The number of carbonyl (C=O) groups is 1. The van der Waals surface area contributed by atoms with Crippen LogP contribution in [-0.2, 0) is 17.8 Å². The van der Waals surface area contributed by atoms with Gasteiger partial charge in [0.15, 0.2) is 5.82 Å². The van der Waals surface area contributed by atoms with Gasteiger partial charge in [0.25, 0.3) is 0 Å². The summed E-state index contributed by atoms with van der Waals surface area (Å²) in [5, 5.41) is 12.1. The maximum atomic E-state index is 12.0. The molecule has 6 heteroatoms. The zero-order chi connectivity index (χ0) is 17.6. The number of aryl methyl sites for hydroxylation is 1. The number of hydrogen-bond donors (Lipinski definition) is 1.